The van der Waals surface area contributed by atoms with E-state index in [1.54, 1.807) is 4.68 Å². The van der Waals surface area contributed by atoms with Gasteiger partial charge >= 0.3 is 0 Å². The smallest absolute Gasteiger partial charge is 0.0967 e. The summed E-state index contributed by atoms with van der Waals surface area (Å²) in [6.07, 6.45) is 5.54. The molecule has 6 nitrogen and oxygen atoms in total. The van der Waals surface area contributed by atoms with Gasteiger partial charge in [0, 0.05) is 38.9 Å². The summed E-state index contributed by atoms with van der Waals surface area (Å²) in [5.74, 6) is 0. The summed E-state index contributed by atoms with van der Waals surface area (Å²) in [4.78, 5) is 5.10. The molecule has 1 aromatic rings. The topological polar surface area (TPSA) is 63.2 Å². The van der Waals surface area contributed by atoms with Crippen molar-refractivity contribution in [3.8, 4) is 0 Å². The van der Waals surface area contributed by atoms with E-state index in [1.807, 2.05) is 13.2 Å². The van der Waals surface area contributed by atoms with Crippen LogP contribution in [0.3, 0.4) is 0 Å². The Labute approximate surface area is 121 Å². The molecule has 0 aliphatic carbocycles. The molecule has 1 atom stereocenters. The van der Waals surface area contributed by atoms with Crippen LogP contribution in [-0.2, 0) is 13.6 Å². The van der Waals surface area contributed by atoms with Crippen LogP contribution in [0.25, 0.3) is 0 Å². The molecule has 2 heterocycles. The van der Waals surface area contributed by atoms with E-state index in [0.29, 0.717) is 6.04 Å². The summed E-state index contributed by atoms with van der Waals surface area (Å²) in [6.45, 7) is 8.55. The molecule has 1 fully saturated rings. The van der Waals surface area contributed by atoms with Crippen LogP contribution in [-0.4, -0.2) is 63.6 Å². The van der Waals surface area contributed by atoms with Crippen molar-refractivity contribution in [2.75, 3.05) is 32.7 Å². The summed E-state index contributed by atoms with van der Waals surface area (Å²) in [5.41, 5.74) is 6.79. The van der Waals surface area contributed by atoms with Gasteiger partial charge in [-0.3, -0.25) is 14.5 Å². The van der Waals surface area contributed by atoms with Gasteiger partial charge in [0.1, 0.15) is 0 Å². The van der Waals surface area contributed by atoms with Crippen LogP contribution in [0.2, 0.25) is 0 Å². The van der Waals surface area contributed by atoms with E-state index in [1.165, 1.54) is 19.4 Å². The molecular formula is C14H28N6. The third-order valence-electron chi connectivity index (χ3n) is 4.15. The SMILES string of the molecule is CCC(CCN)N1CCCN(Cc2cn(C)nn2)CC1. The molecule has 2 rings (SSSR count). The fourth-order valence-corrected chi connectivity index (χ4v) is 3.05. The number of rotatable bonds is 6. The van der Waals surface area contributed by atoms with E-state index in [9.17, 15) is 0 Å². The van der Waals surface area contributed by atoms with Crippen molar-refractivity contribution in [2.24, 2.45) is 12.8 Å². The number of nitrogens with zero attached hydrogens (tertiary/aromatic N) is 5. The zero-order valence-corrected chi connectivity index (χ0v) is 12.8. The first kappa shape index (κ1) is 15.4. The second-order valence-corrected chi connectivity index (χ2v) is 5.69. The van der Waals surface area contributed by atoms with E-state index < -0.39 is 0 Å². The summed E-state index contributed by atoms with van der Waals surface area (Å²) in [6, 6.07) is 0.650. The van der Waals surface area contributed by atoms with Crippen molar-refractivity contribution in [3.63, 3.8) is 0 Å². The Morgan fingerprint density at radius 1 is 1.30 bits per heavy atom. The van der Waals surface area contributed by atoms with E-state index in [4.69, 9.17) is 5.73 Å². The lowest BCUT2D eigenvalue weighted by Gasteiger charge is -2.29. The van der Waals surface area contributed by atoms with Crippen LogP contribution < -0.4 is 5.73 Å². The van der Waals surface area contributed by atoms with Crippen LogP contribution >= 0.6 is 0 Å². The maximum Gasteiger partial charge on any atom is 0.0967 e. The molecule has 1 unspecified atom stereocenters. The van der Waals surface area contributed by atoms with E-state index in [-0.39, 0.29) is 0 Å². The van der Waals surface area contributed by atoms with E-state index in [2.05, 4.69) is 27.0 Å². The molecule has 6 heteroatoms. The van der Waals surface area contributed by atoms with Crippen molar-refractivity contribution < 1.29 is 0 Å². The molecule has 0 radical (unpaired) electrons. The van der Waals surface area contributed by atoms with Gasteiger partial charge in [0.25, 0.3) is 0 Å². The quantitative estimate of drug-likeness (QED) is 0.820. The van der Waals surface area contributed by atoms with Crippen LogP contribution in [0.1, 0.15) is 31.9 Å². The molecule has 0 amide bonds. The fraction of sp³-hybridized carbons (Fsp3) is 0.857. The Morgan fingerprint density at radius 2 is 2.15 bits per heavy atom. The maximum absolute atomic E-state index is 5.73. The average molecular weight is 280 g/mol. The van der Waals surface area contributed by atoms with Gasteiger partial charge in [-0.25, -0.2) is 0 Å². The molecule has 1 saturated heterocycles. The molecule has 1 aliphatic rings. The van der Waals surface area contributed by atoms with Crippen LogP contribution in [0.5, 0.6) is 0 Å². The Morgan fingerprint density at radius 3 is 2.80 bits per heavy atom. The largest absolute Gasteiger partial charge is 0.330 e. The van der Waals surface area contributed by atoms with Crippen LogP contribution in [0, 0.1) is 0 Å². The molecule has 0 aromatic carbocycles. The normalized spacial score (nSPS) is 19.9. The van der Waals surface area contributed by atoms with Gasteiger partial charge < -0.3 is 5.73 Å². The molecule has 0 bridgehead atoms. The zero-order valence-electron chi connectivity index (χ0n) is 12.8. The molecular weight excluding hydrogens is 252 g/mol. The first-order valence-electron chi connectivity index (χ1n) is 7.74. The van der Waals surface area contributed by atoms with E-state index in [0.717, 1.165) is 44.8 Å². The molecule has 114 valence electrons. The third-order valence-corrected chi connectivity index (χ3v) is 4.15. The fourth-order valence-electron chi connectivity index (χ4n) is 3.05. The van der Waals surface area contributed by atoms with Crippen molar-refractivity contribution >= 4 is 0 Å². The minimum Gasteiger partial charge on any atom is -0.330 e. The Hall–Kier alpha value is -0.980. The van der Waals surface area contributed by atoms with Crippen LogP contribution in [0.4, 0.5) is 0 Å². The van der Waals surface area contributed by atoms with Gasteiger partial charge in [0.15, 0.2) is 0 Å². The molecule has 2 N–H and O–H groups in total. The van der Waals surface area contributed by atoms with E-state index >= 15 is 0 Å². The predicted molar refractivity (Wildman–Crippen MR) is 80.2 cm³/mol. The molecule has 20 heavy (non-hydrogen) atoms. The number of aryl methyl sites for hydroxylation is 1. The maximum atomic E-state index is 5.73. The summed E-state index contributed by atoms with van der Waals surface area (Å²) in [5, 5.41) is 8.18. The lowest BCUT2D eigenvalue weighted by atomic mass is 10.1. The van der Waals surface area contributed by atoms with Gasteiger partial charge in [-0.2, -0.15) is 0 Å². The number of hydrogen-bond donors (Lipinski definition) is 1. The highest BCUT2D eigenvalue weighted by atomic mass is 15.4. The minimum absolute atomic E-state index is 0.650. The van der Waals surface area contributed by atoms with Gasteiger partial charge in [0.2, 0.25) is 0 Å². The van der Waals surface area contributed by atoms with Crippen molar-refractivity contribution in [3.05, 3.63) is 11.9 Å². The highest BCUT2D eigenvalue weighted by Gasteiger charge is 2.20. The van der Waals surface area contributed by atoms with Gasteiger partial charge in [0.05, 0.1) is 5.69 Å². The second kappa shape index (κ2) is 7.71. The van der Waals surface area contributed by atoms with Crippen molar-refractivity contribution in [1.29, 1.82) is 0 Å². The molecule has 1 aliphatic heterocycles. The van der Waals surface area contributed by atoms with Gasteiger partial charge in [-0.15, -0.1) is 5.10 Å². The van der Waals surface area contributed by atoms with Crippen molar-refractivity contribution in [2.45, 2.75) is 38.8 Å². The predicted octanol–water partition coefficient (Wildman–Crippen LogP) is 0.450. The Bertz CT molecular complexity index is 391. The summed E-state index contributed by atoms with van der Waals surface area (Å²) in [7, 11) is 1.92. The number of hydrogen-bond acceptors (Lipinski definition) is 5. The second-order valence-electron chi connectivity index (χ2n) is 5.69. The van der Waals surface area contributed by atoms with Gasteiger partial charge in [-0.1, -0.05) is 12.1 Å². The lowest BCUT2D eigenvalue weighted by molar-refractivity contribution is 0.184. The third kappa shape index (κ3) is 4.26. The lowest BCUT2D eigenvalue weighted by Crippen LogP contribution is -2.39. The molecule has 0 spiro atoms. The average Bonchev–Trinajstić information content (AvgIpc) is 2.71. The summed E-state index contributed by atoms with van der Waals surface area (Å²) < 4.78 is 1.77. The summed E-state index contributed by atoms with van der Waals surface area (Å²) >= 11 is 0. The molecule has 1 aromatic heterocycles. The van der Waals surface area contributed by atoms with Crippen LogP contribution in [0.15, 0.2) is 6.20 Å². The first-order chi connectivity index (χ1) is 9.72. The highest BCUT2D eigenvalue weighted by Crippen LogP contribution is 2.13. The zero-order chi connectivity index (χ0) is 14.4. The first-order valence-corrected chi connectivity index (χ1v) is 7.74. The monoisotopic (exact) mass is 280 g/mol. The standard InChI is InChI=1S/C14H28N6/c1-3-14(5-6-15)20-8-4-7-19(9-10-20)12-13-11-18(2)17-16-13/h11,14H,3-10,12,15H2,1-2H3. The van der Waals surface area contributed by atoms with Gasteiger partial charge in [-0.05, 0) is 38.9 Å². The number of aromatic nitrogens is 3. The Balaban J connectivity index is 1.85. The Kier molecular flexibility index (Phi) is 5.94. The van der Waals surface area contributed by atoms with Crippen molar-refractivity contribution in [1.82, 2.24) is 24.8 Å². The molecule has 0 saturated carbocycles. The number of nitrogens with two attached hydrogens (primary N) is 1. The minimum atomic E-state index is 0.650. The highest BCUT2D eigenvalue weighted by molar-refractivity contribution is 4.92.